The van der Waals surface area contributed by atoms with E-state index in [1.807, 2.05) is 43.4 Å². The minimum Gasteiger partial charge on any atom is -0.389 e. The minimum atomic E-state index is -0.330. The molecule has 1 aliphatic carbocycles. The number of aldehydes is 1. The molecule has 1 N–H and O–H groups in total. The van der Waals surface area contributed by atoms with Gasteiger partial charge in [-0.3, -0.25) is 4.79 Å². The lowest BCUT2D eigenvalue weighted by Gasteiger charge is -2.38. The molecule has 0 saturated heterocycles. The summed E-state index contributed by atoms with van der Waals surface area (Å²) in [7, 11) is 0. The number of allylic oxidation sites excluding steroid dienone is 17. The Morgan fingerprint density at radius 2 is 1.31 bits per heavy atom. The monoisotopic (exact) mass is 432 g/mol. The molecule has 0 aromatic rings. The predicted molar refractivity (Wildman–Crippen MR) is 139 cm³/mol. The van der Waals surface area contributed by atoms with Crippen LogP contribution in [0, 0.1) is 11.3 Å². The molecule has 0 saturated carbocycles. The van der Waals surface area contributed by atoms with Crippen LogP contribution in [0.1, 0.15) is 54.9 Å². The molecule has 2 atom stereocenters. The number of carbonyl (C=O) groups excluding carboxylic acids is 1. The molecule has 2 nitrogen and oxygen atoms in total. The highest BCUT2D eigenvalue weighted by molar-refractivity contribution is 5.72. The third-order valence-electron chi connectivity index (χ3n) is 5.53. The maximum Gasteiger partial charge on any atom is 0.145 e. The highest BCUT2D eigenvalue weighted by Gasteiger charge is 2.34. The smallest absolute Gasteiger partial charge is 0.145 e. The van der Waals surface area contributed by atoms with Gasteiger partial charge in [-0.25, -0.2) is 0 Å². The van der Waals surface area contributed by atoms with Gasteiger partial charge in [0, 0.05) is 5.92 Å². The number of carbonyl (C=O) groups is 1. The van der Waals surface area contributed by atoms with Crippen molar-refractivity contribution in [2.45, 2.75) is 61.0 Å². The van der Waals surface area contributed by atoms with Crippen LogP contribution in [0.4, 0.5) is 0 Å². The fourth-order valence-electron chi connectivity index (χ4n) is 3.73. The Hall–Kier alpha value is -2.71. The molecule has 0 bridgehead atoms. The lowest BCUT2D eigenvalue weighted by Crippen LogP contribution is -2.32. The highest BCUT2D eigenvalue weighted by Crippen LogP contribution is 2.41. The summed E-state index contributed by atoms with van der Waals surface area (Å²) in [4.78, 5) is 10.6. The van der Waals surface area contributed by atoms with E-state index >= 15 is 0 Å². The topological polar surface area (TPSA) is 37.3 Å². The quantitative estimate of drug-likeness (QED) is 0.177. The Labute approximate surface area is 195 Å². The first kappa shape index (κ1) is 27.3. The summed E-state index contributed by atoms with van der Waals surface area (Å²) >= 11 is 0. The molecule has 1 rings (SSSR count). The molecule has 0 aromatic carbocycles. The fourth-order valence-corrected chi connectivity index (χ4v) is 3.73. The summed E-state index contributed by atoms with van der Waals surface area (Å²) in [6.45, 7) is 14.5. The van der Waals surface area contributed by atoms with E-state index in [1.165, 1.54) is 16.7 Å². The Balaban J connectivity index is 2.66. The van der Waals surface area contributed by atoms with Crippen molar-refractivity contribution in [1.82, 2.24) is 0 Å². The van der Waals surface area contributed by atoms with Crippen molar-refractivity contribution in [2.24, 2.45) is 11.3 Å². The molecular weight excluding hydrogens is 392 g/mol. The van der Waals surface area contributed by atoms with Crippen molar-refractivity contribution in [1.29, 1.82) is 0 Å². The Morgan fingerprint density at radius 1 is 0.844 bits per heavy atom. The molecule has 172 valence electrons. The van der Waals surface area contributed by atoms with Crippen LogP contribution in [-0.2, 0) is 4.79 Å². The van der Waals surface area contributed by atoms with Gasteiger partial charge in [-0.15, -0.1) is 0 Å². The third-order valence-corrected chi connectivity index (χ3v) is 5.53. The zero-order chi connectivity index (χ0) is 24.1. The largest absolute Gasteiger partial charge is 0.389 e. The van der Waals surface area contributed by atoms with Gasteiger partial charge in [0.25, 0.3) is 0 Å². The van der Waals surface area contributed by atoms with Gasteiger partial charge in [-0.2, -0.15) is 0 Å². The van der Waals surface area contributed by atoms with Crippen LogP contribution in [0.2, 0.25) is 0 Å². The van der Waals surface area contributed by atoms with E-state index < -0.39 is 0 Å². The second-order valence-corrected chi connectivity index (χ2v) is 9.37. The molecule has 0 fully saturated rings. The molecule has 0 radical (unpaired) electrons. The summed E-state index contributed by atoms with van der Waals surface area (Å²) in [6, 6.07) is 0. The Kier molecular flexibility index (Phi) is 11.7. The summed E-state index contributed by atoms with van der Waals surface area (Å²) in [5, 5.41) is 9.99. The minimum absolute atomic E-state index is 0.0598. The zero-order valence-corrected chi connectivity index (χ0v) is 20.8. The molecular formula is C30H40O2. The molecule has 32 heavy (non-hydrogen) atoms. The van der Waals surface area contributed by atoms with Crippen LogP contribution >= 0.6 is 0 Å². The second kappa shape index (κ2) is 13.6. The van der Waals surface area contributed by atoms with E-state index in [1.54, 1.807) is 13.0 Å². The molecule has 0 aromatic heterocycles. The van der Waals surface area contributed by atoms with Crippen LogP contribution in [0.25, 0.3) is 0 Å². The van der Waals surface area contributed by atoms with Gasteiger partial charge in [-0.1, -0.05) is 115 Å². The van der Waals surface area contributed by atoms with E-state index in [-0.39, 0.29) is 11.5 Å². The fraction of sp³-hybridized carbons (Fsp3) is 0.367. The zero-order valence-electron chi connectivity index (χ0n) is 20.8. The van der Waals surface area contributed by atoms with E-state index in [9.17, 15) is 9.90 Å². The summed E-state index contributed by atoms with van der Waals surface area (Å²) in [6.07, 6.45) is 27.8. The molecule has 0 unspecified atom stereocenters. The number of hydrogen-bond acceptors (Lipinski definition) is 2. The van der Waals surface area contributed by atoms with Crippen molar-refractivity contribution in [3.05, 3.63) is 107 Å². The van der Waals surface area contributed by atoms with Gasteiger partial charge < -0.3 is 5.11 Å². The van der Waals surface area contributed by atoms with Crippen LogP contribution in [0.5, 0.6) is 0 Å². The van der Waals surface area contributed by atoms with Crippen LogP contribution in [-0.4, -0.2) is 17.5 Å². The van der Waals surface area contributed by atoms with Gasteiger partial charge in [0.05, 0.1) is 6.10 Å². The first-order valence-electron chi connectivity index (χ1n) is 11.3. The molecule has 2 heteroatoms. The van der Waals surface area contributed by atoms with Crippen molar-refractivity contribution in [2.75, 3.05) is 0 Å². The maximum atomic E-state index is 10.6. The number of hydrogen-bond donors (Lipinski definition) is 1. The van der Waals surface area contributed by atoms with Crippen molar-refractivity contribution >= 4 is 6.29 Å². The van der Waals surface area contributed by atoms with Gasteiger partial charge in [-0.05, 0) is 52.0 Å². The molecule has 0 heterocycles. The SMILES string of the molecule is CC1=C[C@@H](O)CC(C)(C)[C@H]1/C=C/C(C)=C/C=C/C(C)=C/C=C/C=C(C)/C=C/C=C(\C)C=O. The number of rotatable bonds is 9. The van der Waals surface area contributed by atoms with E-state index in [0.29, 0.717) is 11.5 Å². The Morgan fingerprint density at radius 3 is 1.81 bits per heavy atom. The lowest BCUT2D eigenvalue weighted by molar-refractivity contribution is -0.104. The van der Waals surface area contributed by atoms with Crippen LogP contribution in [0.3, 0.4) is 0 Å². The van der Waals surface area contributed by atoms with Crippen molar-refractivity contribution < 1.29 is 9.90 Å². The van der Waals surface area contributed by atoms with Crippen molar-refractivity contribution in [3.63, 3.8) is 0 Å². The summed E-state index contributed by atoms with van der Waals surface area (Å²) in [5.74, 6) is 0.349. The standard InChI is InChI=1S/C30H40O2/c1-23(12-8-9-13-24(2)15-11-17-26(4)22-31)14-10-16-25(3)18-19-29-27(5)20-28(32)21-30(29,6)7/h8-20,22,28-29,32H,21H2,1-7H3/b9-8+,14-10+,15-11+,19-18+,23-12+,24-13+,25-16+,26-17+/t28-,29+/m1/s1. The van der Waals surface area contributed by atoms with Crippen LogP contribution < -0.4 is 0 Å². The van der Waals surface area contributed by atoms with E-state index in [2.05, 4.69) is 71.1 Å². The summed E-state index contributed by atoms with van der Waals surface area (Å²) in [5.41, 5.74) is 5.49. The first-order chi connectivity index (χ1) is 15.0. The number of aliphatic hydroxyl groups excluding tert-OH is 1. The van der Waals surface area contributed by atoms with Gasteiger partial charge >= 0.3 is 0 Å². The van der Waals surface area contributed by atoms with E-state index in [4.69, 9.17) is 0 Å². The Bertz CT molecular complexity index is 908. The maximum absolute atomic E-state index is 10.6. The second-order valence-electron chi connectivity index (χ2n) is 9.37. The summed E-state index contributed by atoms with van der Waals surface area (Å²) < 4.78 is 0. The molecule has 0 aliphatic heterocycles. The number of aliphatic hydroxyl groups is 1. The molecule has 0 spiro atoms. The average Bonchev–Trinajstić information content (AvgIpc) is 2.69. The molecule has 1 aliphatic rings. The highest BCUT2D eigenvalue weighted by atomic mass is 16.3. The normalized spacial score (nSPS) is 23.7. The molecule has 0 amide bonds. The first-order valence-corrected chi connectivity index (χ1v) is 11.3. The van der Waals surface area contributed by atoms with Gasteiger partial charge in [0.15, 0.2) is 0 Å². The predicted octanol–water partition coefficient (Wildman–Crippen LogP) is 7.55. The average molecular weight is 433 g/mol. The van der Waals surface area contributed by atoms with Crippen LogP contribution in [0.15, 0.2) is 107 Å². The van der Waals surface area contributed by atoms with E-state index in [0.717, 1.165) is 18.3 Å². The third kappa shape index (κ3) is 10.5. The van der Waals surface area contributed by atoms with Gasteiger partial charge in [0.2, 0.25) is 0 Å². The lowest BCUT2D eigenvalue weighted by atomic mass is 9.67. The van der Waals surface area contributed by atoms with Crippen molar-refractivity contribution in [3.8, 4) is 0 Å². The van der Waals surface area contributed by atoms with Gasteiger partial charge in [0.1, 0.15) is 6.29 Å².